The first-order valence-corrected chi connectivity index (χ1v) is 14.1. The molecular formula is C25H26Cl2N2O4S2. The predicted molar refractivity (Wildman–Crippen MR) is 144 cm³/mol. The Morgan fingerprint density at radius 3 is 2.34 bits per heavy atom. The van der Waals surface area contributed by atoms with Crippen molar-refractivity contribution < 1.29 is 17.9 Å². The molecule has 0 aromatic heterocycles. The topological polar surface area (TPSA) is 75.7 Å². The maximum atomic E-state index is 13.5. The number of anilines is 1. The number of aryl methyl sites for hydroxylation is 1. The van der Waals surface area contributed by atoms with Crippen LogP contribution in [0.2, 0.25) is 10.0 Å². The third-order valence-corrected chi connectivity index (χ3v) is 8.60. The molecule has 0 aliphatic rings. The number of hydrogen-bond donors (Lipinski definition) is 1. The highest BCUT2D eigenvalue weighted by Gasteiger charge is 2.27. The molecule has 0 fully saturated rings. The molecule has 3 rings (SSSR count). The van der Waals surface area contributed by atoms with Crippen LogP contribution >= 0.6 is 35.0 Å². The average molecular weight is 554 g/mol. The largest absolute Gasteiger partial charge is 0.497 e. The Labute approximate surface area is 220 Å². The molecule has 10 heteroatoms. The van der Waals surface area contributed by atoms with Gasteiger partial charge in [0.1, 0.15) is 12.3 Å². The van der Waals surface area contributed by atoms with Gasteiger partial charge < -0.3 is 10.1 Å². The van der Waals surface area contributed by atoms with E-state index < -0.39 is 15.9 Å². The summed E-state index contributed by atoms with van der Waals surface area (Å²) >= 11 is 14.0. The number of amides is 1. The number of nitrogens with one attached hydrogen (secondary N) is 1. The SMILES string of the molecule is COc1cccc(N(CC(=O)NCCSCc2c(Cl)cccc2Cl)S(=O)(=O)c2ccc(C)cc2)c1. The summed E-state index contributed by atoms with van der Waals surface area (Å²) in [5.41, 5.74) is 2.12. The summed E-state index contributed by atoms with van der Waals surface area (Å²) < 4.78 is 33.2. The molecule has 0 saturated carbocycles. The van der Waals surface area contributed by atoms with Crippen molar-refractivity contribution >= 4 is 56.6 Å². The van der Waals surface area contributed by atoms with Crippen molar-refractivity contribution in [2.45, 2.75) is 17.6 Å². The zero-order valence-electron chi connectivity index (χ0n) is 19.3. The van der Waals surface area contributed by atoms with Gasteiger partial charge in [-0.25, -0.2) is 8.42 Å². The minimum atomic E-state index is -3.99. The Morgan fingerprint density at radius 2 is 1.69 bits per heavy atom. The van der Waals surface area contributed by atoms with E-state index in [1.54, 1.807) is 66.4 Å². The number of methoxy groups -OCH3 is 1. The lowest BCUT2D eigenvalue weighted by atomic mass is 10.2. The van der Waals surface area contributed by atoms with Gasteiger partial charge in [-0.3, -0.25) is 9.10 Å². The number of ether oxygens (including phenoxy) is 1. The van der Waals surface area contributed by atoms with Crippen LogP contribution in [0.1, 0.15) is 11.1 Å². The van der Waals surface area contributed by atoms with Crippen molar-refractivity contribution in [1.29, 1.82) is 0 Å². The molecule has 0 bridgehead atoms. The van der Waals surface area contributed by atoms with Crippen LogP contribution in [0.5, 0.6) is 5.75 Å². The van der Waals surface area contributed by atoms with Gasteiger partial charge in [-0.15, -0.1) is 0 Å². The fourth-order valence-electron chi connectivity index (χ4n) is 3.21. The highest BCUT2D eigenvalue weighted by atomic mass is 35.5. The molecule has 6 nitrogen and oxygen atoms in total. The van der Waals surface area contributed by atoms with Gasteiger partial charge in [-0.2, -0.15) is 11.8 Å². The predicted octanol–water partition coefficient (Wildman–Crippen LogP) is 5.56. The summed E-state index contributed by atoms with van der Waals surface area (Å²) in [5.74, 6) is 1.28. The summed E-state index contributed by atoms with van der Waals surface area (Å²) in [6.07, 6.45) is 0. The van der Waals surface area contributed by atoms with Crippen molar-refractivity contribution in [3.8, 4) is 5.75 Å². The molecule has 0 radical (unpaired) electrons. The van der Waals surface area contributed by atoms with E-state index in [-0.39, 0.29) is 11.4 Å². The van der Waals surface area contributed by atoms with E-state index in [0.29, 0.717) is 39.5 Å². The molecule has 1 N–H and O–H groups in total. The molecule has 0 atom stereocenters. The van der Waals surface area contributed by atoms with Crippen LogP contribution in [0.3, 0.4) is 0 Å². The fraction of sp³-hybridized carbons (Fsp3) is 0.240. The van der Waals surface area contributed by atoms with Gasteiger partial charge in [0.05, 0.1) is 17.7 Å². The van der Waals surface area contributed by atoms with Gasteiger partial charge in [0.2, 0.25) is 5.91 Å². The Bertz CT molecular complexity index is 1250. The first-order valence-electron chi connectivity index (χ1n) is 10.7. The standard InChI is InChI=1S/C25H26Cl2N2O4S2/c1-18-9-11-21(12-10-18)35(31,32)29(19-5-3-6-20(15-19)33-2)16-25(30)28-13-14-34-17-22-23(26)7-4-8-24(22)27/h3-12,15H,13-14,16-17H2,1-2H3,(H,28,30). The third-order valence-electron chi connectivity index (χ3n) is 5.11. The lowest BCUT2D eigenvalue weighted by Crippen LogP contribution is -2.41. The van der Waals surface area contributed by atoms with Crippen molar-refractivity contribution in [2.75, 3.05) is 30.3 Å². The summed E-state index contributed by atoms with van der Waals surface area (Å²) in [6.45, 7) is 1.87. The van der Waals surface area contributed by atoms with Crippen LogP contribution in [0.15, 0.2) is 71.6 Å². The Morgan fingerprint density at radius 1 is 1.03 bits per heavy atom. The summed E-state index contributed by atoms with van der Waals surface area (Å²) in [6, 6.07) is 18.5. The zero-order valence-corrected chi connectivity index (χ0v) is 22.5. The molecule has 3 aromatic rings. The molecule has 0 spiro atoms. The normalized spacial score (nSPS) is 11.2. The van der Waals surface area contributed by atoms with E-state index in [1.165, 1.54) is 19.2 Å². The molecule has 0 saturated heterocycles. The second kappa shape index (κ2) is 12.5. The van der Waals surface area contributed by atoms with Crippen molar-refractivity contribution in [1.82, 2.24) is 5.32 Å². The molecule has 186 valence electrons. The molecule has 0 heterocycles. The summed E-state index contributed by atoms with van der Waals surface area (Å²) in [7, 11) is -2.49. The van der Waals surface area contributed by atoms with Crippen LogP contribution < -0.4 is 14.4 Å². The van der Waals surface area contributed by atoms with Crippen LogP contribution in [-0.2, 0) is 20.6 Å². The Balaban J connectivity index is 1.68. The quantitative estimate of drug-likeness (QED) is 0.315. The van der Waals surface area contributed by atoms with Gasteiger partial charge in [0.15, 0.2) is 0 Å². The fourth-order valence-corrected chi connectivity index (χ4v) is 6.22. The molecule has 0 aliphatic heterocycles. The number of halogens is 2. The minimum absolute atomic E-state index is 0.103. The third kappa shape index (κ3) is 7.30. The zero-order chi connectivity index (χ0) is 25.4. The molecule has 0 unspecified atom stereocenters. The van der Waals surface area contributed by atoms with E-state index in [2.05, 4.69) is 5.32 Å². The monoisotopic (exact) mass is 552 g/mol. The summed E-state index contributed by atoms with van der Waals surface area (Å²) in [5, 5.41) is 4.00. The van der Waals surface area contributed by atoms with E-state index >= 15 is 0 Å². The maximum Gasteiger partial charge on any atom is 0.264 e. The van der Waals surface area contributed by atoms with Crippen LogP contribution in [0.4, 0.5) is 5.69 Å². The van der Waals surface area contributed by atoms with E-state index in [4.69, 9.17) is 27.9 Å². The van der Waals surface area contributed by atoms with Crippen molar-refractivity contribution in [3.63, 3.8) is 0 Å². The van der Waals surface area contributed by atoms with E-state index in [0.717, 1.165) is 15.4 Å². The number of carbonyl (C=O) groups is 1. The smallest absolute Gasteiger partial charge is 0.264 e. The second-order valence-corrected chi connectivity index (χ2v) is 11.4. The minimum Gasteiger partial charge on any atom is -0.497 e. The Kier molecular flexibility index (Phi) is 9.74. The van der Waals surface area contributed by atoms with Crippen LogP contribution in [0, 0.1) is 6.92 Å². The number of nitrogens with zero attached hydrogens (tertiary/aromatic N) is 1. The lowest BCUT2D eigenvalue weighted by Gasteiger charge is -2.24. The van der Waals surface area contributed by atoms with Gasteiger partial charge in [-0.05, 0) is 48.9 Å². The van der Waals surface area contributed by atoms with Crippen LogP contribution in [-0.4, -0.2) is 40.3 Å². The number of hydrogen-bond acceptors (Lipinski definition) is 5. The number of thioether (sulfide) groups is 1. The molecule has 3 aromatic carbocycles. The molecule has 35 heavy (non-hydrogen) atoms. The highest BCUT2D eigenvalue weighted by Crippen LogP contribution is 2.29. The van der Waals surface area contributed by atoms with Gasteiger partial charge in [0, 0.05) is 34.2 Å². The number of benzene rings is 3. The van der Waals surface area contributed by atoms with Crippen molar-refractivity contribution in [3.05, 3.63) is 87.9 Å². The summed E-state index contributed by atoms with van der Waals surface area (Å²) in [4.78, 5) is 12.9. The van der Waals surface area contributed by atoms with Gasteiger partial charge in [-0.1, -0.05) is 53.0 Å². The molecule has 0 aliphatic carbocycles. The van der Waals surface area contributed by atoms with Crippen molar-refractivity contribution in [2.24, 2.45) is 0 Å². The van der Waals surface area contributed by atoms with E-state index in [9.17, 15) is 13.2 Å². The second-order valence-electron chi connectivity index (χ2n) is 7.63. The number of rotatable bonds is 11. The lowest BCUT2D eigenvalue weighted by molar-refractivity contribution is -0.119. The molecular weight excluding hydrogens is 527 g/mol. The maximum absolute atomic E-state index is 13.5. The van der Waals surface area contributed by atoms with Gasteiger partial charge in [0.25, 0.3) is 10.0 Å². The molecule has 1 amide bonds. The number of carbonyl (C=O) groups excluding carboxylic acids is 1. The number of sulfonamides is 1. The highest BCUT2D eigenvalue weighted by molar-refractivity contribution is 7.98. The first kappa shape index (κ1) is 27.2. The first-order chi connectivity index (χ1) is 16.7. The van der Waals surface area contributed by atoms with Crippen LogP contribution in [0.25, 0.3) is 0 Å². The average Bonchev–Trinajstić information content (AvgIpc) is 2.84. The van der Waals surface area contributed by atoms with E-state index in [1.807, 2.05) is 6.92 Å². The van der Waals surface area contributed by atoms with Gasteiger partial charge >= 0.3 is 0 Å². The Hall–Kier alpha value is -2.39.